The van der Waals surface area contributed by atoms with Crippen LogP contribution in [0.25, 0.3) is 0 Å². The van der Waals surface area contributed by atoms with Gasteiger partial charge in [-0.1, -0.05) is 6.07 Å². The standard InChI is InChI=1S/C15H18N2O3/c18-15(17-12-8-9-4-5-13(12)20-9)10-2-1-3-11-14(10)19-7-6-16-11/h1-3,9,12-13,16H,4-8H2,(H,17,18). The molecule has 5 nitrogen and oxygen atoms in total. The van der Waals surface area contributed by atoms with Gasteiger partial charge in [-0.3, -0.25) is 4.79 Å². The van der Waals surface area contributed by atoms with Gasteiger partial charge in [0.25, 0.3) is 5.91 Å². The van der Waals surface area contributed by atoms with E-state index in [1.807, 2.05) is 18.2 Å². The predicted octanol–water partition coefficient (Wildman–Crippen LogP) is 1.54. The van der Waals surface area contributed by atoms with Gasteiger partial charge in [-0.05, 0) is 31.4 Å². The summed E-state index contributed by atoms with van der Waals surface area (Å²) < 4.78 is 11.4. The fourth-order valence-electron chi connectivity index (χ4n) is 3.39. The SMILES string of the molecule is O=C(NC1CC2CCC1O2)c1cccc2c1OCCN2. The predicted molar refractivity (Wildman–Crippen MR) is 74.2 cm³/mol. The Hall–Kier alpha value is -1.75. The zero-order valence-corrected chi connectivity index (χ0v) is 11.2. The summed E-state index contributed by atoms with van der Waals surface area (Å²) in [6.45, 7) is 1.37. The highest BCUT2D eigenvalue weighted by Gasteiger charge is 2.41. The molecule has 1 amide bonds. The molecule has 3 unspecified atom stereocenters. The first-order chi connectivity index (χ1) is 9.81. The van der Waals surface area contributed by atoms with Crippen molar-refractivity contribution in [1.82, 2.24) is 5.32 Å². The van der Waals surface area contributed by atoms with Crippen molar-refractivity contribution in [2.24, 2.45) is 0 Å². The maximum Gasteiger partial charge on any atom is 0.255 e. The number of anilines is 1. The van der Waals surface area contributed by atoms with Crippen molar-refractivity contribution >= 4 is 11.6 Å². The fraction of sp³-hybridized carbons (Fsp3) is 0.533. The molecule has 5 heteroatoms. The number of rotatable bonds is 2. The molecule has 1 aromatic carbocycles. The van der Waals surface area contributed by atoms with Gasteiger partial charge in [0.1, 0.15) is 6.61 Å². The molecule has 4 rings (SSSR count). The van der Waals surface area contributed by atoms with Crippen LogP contribution in [0, 0.1) is 0 Å². The van der Waals surface area contributed by atoms with Gasteiger partial charge < -0.3 is 20.1 Å². The van der Waals surface area contributed by atoms with Crippen LogP contribution < -0.4 is 15.4 Å². The summed E-state index contributed by atoms with van der Waals surface area (Å²) in [7, 11) is 0. The number of fused-ring (bicyclic) bond motifs is 3. The van der Waals surface area contributed by atoms with Crippen molar-refractivity contribution in [3.05, 3.63) is 23.8 Å². The number of para-hydroxylation sites is 1. The van der Waals surface area contributed by atoms with E-state index in [1.165, 1.54) is 0 Å². The molecule has 0 saturated carbocycles. The van der Waals surface area contributed by atoms with Gasteiger partial charge in [0.05, 0.1) is 29.5 Å². The van der Waals surface area contributed by atoms with E-state index in [2.05, 4.69) is 10.6 Å². The third-order valence-electron chi connectivity index (χ3n) is 4.35. The van der Waals surface area contributed by atoms with E-state index in [1.54, 1.807) is 0 Å². The molecule has 20 heavy (non-hydrogen) atoms. The number of hydrogen-bond acceptors (Lipinski definition) is 4. The Kier molecular flexibility index (Phi) is 2.80. The number of hydrogen-bond donors (Lipinski definition) is 2. The van der Waals surface area contributed by atoms with Crippen LogP contribution in [0.3, 0.4) is 0 Å². The minimum absolute atomic E-state index is 0.0632. The quantitative estimate of drug-likeness (QED) is 0.859. The van der Waals surface area contributed by atoms with Crippen molar-refractivity contribution in [3.8, 4) is 5.75 Å². The Bertz CT molecular complexity index is 546. The lowest BCUT2D eigenvalue weighted by Crippen LogP contribution is -2.41. The maximum absolute atomic E-state index is 12.5. The number of ether oxygens (including phenoxy) is 2. The Morgan fingerprint density at radius 2 is 2.30 bits per heavy atom. The fourth-order valence-corrected chi connectivity index (χ4v) is 3.39. The van der Waals surface area contributed by atoms with E-state index in [4.69, 9.17) is 9.47 Å². The van der Waals surface area contributed by atoms with Gasteiger partial charge in [-0.2, -0.15) is 0 Å². The lowest BCUT2D eigenvalue weighted by Gasteiger charge is -2.24. The average molecular weight is 274 g/mol. The van der Waals surface area contributed by atoms with Crippen LogP contribution in [0.5, 0.6) is 5.75 Å². The van der Waals surface area contributed by atoms with Crippen LogP contribution in [0.4, 0.5) is 5.69 Å². The van der Waals surface area contributed by atoms with E-state index in [0.29, 0.717) is 24.0 Å². The molecule has 0 radical (unpaired) electrons. The highest BCUT2D eigenvalue weighted by Crippen LogP contribution is 2.35. The number of nitrogens with one attached hydrogen (secondary N) is 2. The molecule has 2 bridgehead atoms. The molecule has 3 aliphatic heterocycles. The van der Waals surface area contributed by atoms with Gasteiger partial charge in [-0.25, -0.2) is 0 Å². The van der Waals surface area contributed by atoms with Crippen molar-refractivity contribution in [3.63, 3.8) is 0 Å². The van der Waals surface area contributed by atoms with Crippen LogP contribution in [0.1, 0.15) is 29.6 Å². The van der Waals surface area contributed by atoms with Crippen LogP contribution in [-0.4, -0.2) is 37.3 Å². The monoisotopic (exact) mass is 274 g/mol. The average Bonchev–Trinajstić information content (AvgIpc) is 3.09. The van der Waals surface area contributed by atoms with Crippen molar-refractivity contribution in [2.45, 2.75) is 37.5 Å². The first-order valence-corrected chi connectivity index (χ1v) is 7.27. The molecule has 3 heterocycles. The summed E-state index contributed by atoms with van der Waals surface area (Å²) in [5, 5.41) is 6.35. The van der Waals surface area contributed by atoms with Gasteiger partial charge in [0.15, 0.2) is 5.75 Å². The van der Waals surface area contributed by atoms with Gasteiger partial charge in [-0.15, -0.1) is 0 Å². The zero-order valence-electron chi connectivity index (χ0n) is 11.2. The van der Waals surface area contributed by atoms with Crippen LogP contribution in [0.15, 0.2) is 18.2 Å². The third-order valence-corrected chi connectivity index (χ3v) is 4.35. The molecule has 0 spiro atoms. The second-order valence-corrected chi connectivity index (χ2v) is 5.65. The first-order valence-electron chi connectivity index (χ1n) is 7.27. The summed E-state index contributed by atoms with van der Waals surface area (Å²) in [6, 6.07) is 5.78. The molecule has 0 aliphatic carbocycles. The minimum Gasteiger partial charge on any atom is -0.489 e. The molecule has 2 saturated heterocycles. The molecule has 3 atom stereocenters. The molecule has 2 N–H and O–H groups in total. The molecule has 2 fully saturated rings. The molecular weight excluding hydrogens is 256 g/mol. The summed E-state index contributed by atoms with van der Waals surface area (Å²) in [4.78, 5) is 12.5. The number of amides is 1. The van der Waals surface area contributed by atoms with Gasteiger partial charge >= 0.3 is 0 Å². The molecule has 0 aromatic heterocycles. The normalized spacial score (nSPS) is 30.3. The Morgan fingerprint density at radius 3 is 3.10 bits per heavy atom. The Morgan fingerprint density at radius 1 is 1.35 bits per heavy atom. The van der Waals surface area contributed by atoms with Crippen molar-refractivity contribution in [1.29, 1.82) is 0 Å². The largest absolute Gasteiger partial charge is 0.489 e. The van der Waals surface area contributed by atoms with E-state index < -0.39 is 0 Å². The van der Waals surface area contributed by atoms with Gasteiger partial charge in [0.2, 0.25) is 0 Å². The van der Waals surface area contributed by atoms with E-state index in [-0.39, 0.29) is 18.1 Å². The summed E-state index contributed by atoms with van der Waals surface area (Å²) in [6.07, 6.45) is 3.66. The third kappa shape index (κ3) is 1.93. The highest BCUT2D eigenvalue weighted by molar-refractivity contribution is 5.99. The molecule has 106 valence electrons. The van der Waals surface area contributed by atoms with Gasteiger partial charge in [0, 0.05) is 6.54 Å². The lowest BCUT2D eigenvalue weighted by atomic mass is 9.95. The topological polar surface area (TPSA) is 59.6 Å². The summed E-state index contributed by atoms with van der Waals surface area (Å²) >= 11 is 0. The highest BCUT2D eigenvalue weighted by atomic mass is 16.5. The van der Waals surface area contributed by atoms with Crippen molar-refractivity contribution < 1.29 is 14.3 Å². The second-order valence-electron chi connectivity index (χ2n) is 5.65. The van der Waals surface area contributed by atoms with Crippen LogP contribution >= 0.6 is 0 Å². The molecule has 3 aliphatic rings. The zero-order chi connectivity index (χ0) is 13.5. The maximum atomic E-state index is 12.5. The Labute approximate surface area is 117 Å². The van der Waals surface area contributed by atoms with Crippen LogP contribution in [-0.2, 0) is 4.74 Å². The van der Waals surface area contributed by atoms with Crippen LogP contribution in [0.2, 0.25) is 0 Å². The number of benzene rings is 1. The Balaban J connectivity index is 1.54. The molecule has 1 aromatic rings. The van der Waals surface area contributed by atoms with E-state index in [9.17, 15) is 4.79 Å². The summed E-state index contributed by atoms with van der Waals surface area (Å²) in [5.74, 6) is 0.604. The lowest BCUT2D eigenvalue weighted by molar-refractivity contribution is 0.0838. The minimum atomic E-state index is -0.0632. The van der Waals surface area contributed by atoms with E-state index in [0.717, 1.165) is 31.5 Å². The number of carbonyl (C=O) groups excluding carboxylic acids is 1. The van der Waals surface area contributed by atoms with Crippen molar-refractivity contribution in [2.75, 3.05) is 18.5 Å². The first kappa shape index (κ1) is 12.0. The summed E-state index contributed by atoms with van der Waals surface area (Å²) in [5.41, 5.74) is 1.51. The van der Waals surface area contributed by atoms with E-state index >= 15 is 0 Å². The molecular formula is C15H18N2O3. The smallest absolute Gasteiger partial charge is 0.255 e. The second kappa shape index (κ2) is 4.66. The number of carbonyl (C=O) groups is 1.